The van der Waals surface area contributed by atoms with Crippen LogP contribution in [0.4, 0.5) is 13.2 Å². The van der Waals surface area contributed by atoms with Crippen LogP contribution in [0, 0.1) is 0 Å². The number of alkyl halides is 3. The van der Waals surface area contributed by atoms with E-state index in [0.29, 0.717) is 11.3 Å². The van der Waals surface area contributed by atoms with Crippen molar-refractivity contribution in [2.75, 3.05) is 7.11 Å². The van der Waals surface area contributed by atoms with Gasteiger partial charge < -0.3 is 4.74 Å². The number of hydrogen-bond donors (Lipinski definition) is 0. The Morgan fingerprint density at radius 2 is 2.07 bits per heavy atom. The highest BCUT2D eigenvalue weighted by Gasteiger charge is 2.31. The van der Waals surface area contributed by atoms with Crippen molar-refractivity contribution < 1.29 is 17.9 Å². The maximum Gasteiger partial charge on any atom is 0.422 e. The summed E-state index contributed by atoms with van der Waals surface area (Å²) in [4.78, 5) is 0. The molecule has 0 radical (unpaired) electrons. The molecule has 0 saturated carbocycles. The molecule has 0 atom stereocenters. The average molecular weight is 281 g/mol. The molecule has 15 heavy (non-hydrogen) atoms. The smallest absolute Gasteiger partial charge is 0.422 e. The Hall–Kier alpha value is -0.970. The first-order chi connectivity index (χ1) is 6.93. The highest BCUT2D eigenvalue weighted by Crippen LogP contribution is 2.32. The first kappa shape index (κ1) is 12.1. The molecule has 5 heteroatoms. The Bertz CT molecular complexity index is 371. The lowest BCUT2D eigenvalue weighted by molar-refractivity contribution is -0.0820. The highest BCUT2D eigenvalue weighted by molar-refractivity contribution is 9.11. The monoisotopic (exact) mass is 280 g/mol. The third-order valence-electron chi connectivity index (χ3n) is 1.66. The van der Waals surface area contributed by atoms with Crippen LogP contribution in [0.5, 0.6) is 5.75 Å². The molecule has 82 valence electrons. The van der Waals surface area contributed by atoms with Crippen LogP contribution in [0.25, 0.3) is 6.08 Å². The zero-order valence-electron chi connectivity index (χ0n) is 7.81. The number of ether oxygens (including phenoxy) is 1. The highest BCUT2D eigenvalue weighted by atomic mass is 79.9. The van der Waals surface area contributed by atoms with Crippen LogP contribution >= 0.6 is 15.9 Å². The predicted octanol–water partition coefficient (Wildman–Crippen LogP) is 3.99. The molecule has 0 heterocycles. The van der Waals surface area contributed by atoms with Crippen LogP contribution in [0.3, 0.4) is 0 Å². The summed E-state index contributed by atoms with van der Waals surface area (Å²) < 4.78 is 40.6. The van der Waals surface area contributed by atoms with Crippen molar-refractivity contribution >= 4 is 22.0 Å². The van der Waals surface area contributed by atoms with Crippen LogP contribution in [0.2, 0.25) is 0 Å². The number of allylic oxidation sites excluding steroid dienone is 1. The minimum Gasteiger partial charge on any atom is -0.497 e. The Morgan fingerprint density at radius 3 is 2.60 bits per heavy atom. The summed E-state index contributed by atoms with van der Waals surface area (Å²) in [6.45, 7) is 0. The van der Waals surface area contributed by atoms with Gasteiger partial charge in [0.25, 0.3) is 0 Å². The summed E-state index contributed by atoms with van der Waals surface area (Å²) in [6.07, 6.45) is -3.36. The Balaban J connectivity index is 2.98. The van der Waals surface area contributed by atoms with E-state index in [0.717, 1.165) is 6.08 Å². The molecule has 1 rings (SSSR count). The van der Waals surface area contributed by atoms with Gasteiger partial charge in [0.05, 0.1) is 11.6 Å². The lowest BCUT2D eigenvalue weighted by Crippen LogP contribution is -2.06. The molecule has 0 unspecified atom stereocenters. The van der Waals surface area contributed by atoms with E-state index >= 15 is 0 Å². The third-order valence-corrected chi connectivity index (χ3v) is 2.34. The summed E-state index contributed by atoms with van der Waals surface area (Å²) in [5.41, 5.74) is 0.429. The standard InChI is InChI=1S/C10H8BrF3O/c1-15-8-4-2-3-7(5-8)6-9(11)10(12,13)14/h2-6H,1H3. The lowest BCUT2D eigenvalue weighted by Gasteiger charge is -2.05. The van der Waals surface area contributed by atoms with E-state index in [4.69, 9.17) is 4.74 Å². The number of rotatable bonds is 2. The topological polar surface area (TPSA) is 9.23 Å². The second kappa shape index (κ2) is 4.70. The van der Waals surface area contributed by atoms with E-state index < -0.39 is 10.7 Å². The molecule has 1 aromatic carbocycles. The zero-order chi connectivity index (χ0) is 11.5. The normalized spacial score (nSPS) is 12.7. The minimum absolute atomic E-state index is 0.429. The van der Waals surface area contributed by atoms with Gasteiger partial charge in [-0.25, -0.2) is 0 Å². The fourth-order valence-corrected chi connectivity index (χ4v) is 1.22. The van der Waals surface area contributed by atoms with E-state index in [2.05, 4.69) is 15.9 Å². The van der Waals surface area contributed by atoms with Gasteiger partial charge in [0.2, 0.25) is 0 Å². The maximum absolute atomic E-state index is 12.2. The number of hydrogen-bond acceptors (Lipinski definition) is 1. The molecule has 0 fully saturated rings. The molecule has 0 aliphatic carbocycles. The first-order valence-electron chi connectivity index (χ1n) is 4.02. The van der Waals surface area contributed by atoms with E-state index in [1.807, 2.05) is 0 Å². The molecular weight excluding hydrogens is 273 g/mol. The van der Waals surface area contributed by atoms with Crippen LogP contribution < -0.4 is 4.74 Å². The van der Waals surface area contributed by atoms with E-state index in [1.165, 1.54) is 13.2 Å². The van der Waals surface area contributed by atoms with Gasteiger partial charge in [-0.15, -0.1) is 0 Å². The van der Waals surface area contributed by atoms with Gasteiger partial charge in [-0.3, -0.25) is 0 Å². The molecule has 0 bridgehead atoms. The van der Waals surface area contributed by atoms with Crippen LogP contribution in [-0.4, -0.2) is 13.3 Å². The van der Waals surface area contributed by atoms with Crippen molar-refractivity contribution in [2.45, 2.75) is 6.18 Å². The van der Waals surface area contributed by atoms with Gasteiger partial charge in [0.15, 0.2) is 0 Å². The molecule has 0 amide bonds. The van der Waals surface area contributed by atoms with Gasteiger partial charge in [0, 0.05) is 0 Å². The molecule has 1 aromatic rings. The van der Waals surface area contributed by atoms with Gasteiger partial charge in [-0.2, -0.15) is 13.2 Å². The largest absolute Gasteiger partial charge is 0.497 e. The predicted molar refractivity (Wildman–Crippen MR) is 56.0 cm³/mol. The van der Waals surface area contributed by atoms with E-state index in [9.17, 15) is 13.2 Å². The number of benzene rings is 1. The summed E-state index contributed by atoms with van der Waals surface area (Å²) >= 11 is 2.48. The second-order valence-electron chi connectivity index (χ2n) is 2.77. The molecule has 0 N–H and O–H groups in total. The third kappa shape index (κ3) is 3.58. The van der Waals surface area contributed by atoms with Gasteiger partial charge >= 0.3 is 6.18 Å². The Morgan fingerprint density at radius 1 is 1.40 bits per heavy atom. The average Bonchev–Trinajstić information content (AvgIpc) is 2.16. The number of methoxy groups -OCH3 is 1. The second-order valence-corrected chi connectivity index (χ2v) is 3.62. The first-order valence-corrected chi connectivity index (χ1v) is 4.81. The SMILES string of the molecule is COc1cccc(C=C(Br)C(F)(F)F)c1. The van der Waals surface area contributed by atoms with Crippen LogP contribution in [0.1, 0.15) is 5.56 Å². The molecule has 1 nitrogen and oxygen atoms in total. The van der Waals surface area contributed by atoms with Crippen molar-refractivity contribution in [3.63, 3.8) is 0 Å². The molecule has 0 spiro atoms. The summed E-state index contributed by atoms with van der Waals surface area (Å²) in [7, 11) is 1.46. The van der Waals surface area contributed by atoms with E-state index in [1.54, 1.807) is 18.2 Å². The molecule has 0 aliphatic heterocycles. The quantitative estimate of drug-likeness (QED) is 0.796. The molecular formula is C10H8BrF3O. The summed E-state index contributed by atoms with van der Waals surface area (Å²) in [5.74, 6) is 0.520. The van der Waals surface area contributed by atoms with Crippen molar-refractivity contribution in [2.24, 2.45) is 0 Å². The molecule has 0 saturated heterocycles. The zero-order valence-corrected chi connectivity index (χ0v) is 9.39. The van der Waals surface area contributed by atoms with Crippen LogP contribution in [0.15, 0.2) is 28.7 Å². The Kier molecular flexibility index (Phi) is 3.79. The maximum atomic E-state index is 12.2. The summed E-state index contributed by atoms with van der Waals surface area (Å²) in [5, 5.41) is 0. The van der Waals surface area contributed by atoms with Crippen molar-refractivity contribution in [1.82, 2.24) is 0 Å². The Labute approximate surface area is 93.7 Å². The molecule has 0 aliphatic rings. The van der Waals surface area contributed by atoms with E-state index in [-0.39, 0.29) is 0 Å². The van der Waals surface area contributed by atoms with Crippen molar-refractivity contribution in [3.05, 3.63) is 34.3 Å². The summed E-state index contributed by atoms with van der Waals surface area (Å²) in [6, 6.07) is 6.38. The molecule has 0 aromatic heterocycles. The van der Waals surface area contributed by atoms with Gasteiger partial charge in [-0.1, -0.05) is 12.1 Å². The van der Waals surface area contributed by atoms with Crippen molar-refractivity contribution in [1.29, 1.82) is 0 Å². The number of halogens is 4. The fourth-order valence-electron chi connectivity index (χ4n) is 0.959. The minimum atomic E-state index is -4.36. The van der Waals surface area contributed by atoms with Crippen molar-refractivity contribution in [3.8, 4) is 5.75 Å². The fraction of sp³-hybridized carbons (Fsp3) is 0.200. The van der Waals surface area contributed by atoms with Gasteiger partial charge in [0.1, 0.15) is 5.75 Å². The van der Waals surface area contributed by atoms with Gasteiger partial charge in [-0.05, 0) is 39.7 Å². The van der Waals surface area contributed by atoms with Crippen LogP contribution in [-0.2, 0) is 0 Å². The lowest BCUT2D eigenvalue weighted by atomic mass is 10.2.